The highest BCUT2D eigenvalue weighted by atomic mass is 32.1. The van der Waals surface area contributed by atoms with Gasteiger partial charge >= 0.3 is 0 Å². The summed E-state index contributed by atoms with van der Waals surface area (Å²) in [7, 11) is 0. The van der Waals surface area contributed by atoms with Gasteiger partial charge in [0, 0.05) is 18.8 Å². The normalized spacial score (nSPS) is 10.3. The Balaban J connectivity index is 1.63. The Bertz CT molecular complexity index is 1030. The lowest BCUT2D eigenvalue weighted by atomic mass is 10.1. The summed E-state index contributed by atoms with van der Waals surface area (Å²) in [5.74, 6) is -0.304. The summed E-state index contributed by atoms with van der Waals surface area (Å²) < 4.78 is 1.41. The van der Waals surface area contributed by atoms with Gasteiger partial charge in [-0.05, 0) is 18.6 Å². The molecule has 0 aliphatic rings. The second-order valence-corrected chi connectivity index (χ2v) is 6.72. The predicted octanol–water partition coefficient (Wildman–Crippen LogP) is 1.86. The molecule has 0 atom stereocenters. The first-order chi connectivity index (χ1) is 12.5. The summed E-state index contributed by atoms with van der Waals surface area (Å²) >= 11 is 1.13. The minimum Gasteiger partial charge on any atom is -0.346 e. The number of hydrogen-bond acceptors (Lipinski definition) is 6. The van der Waals surface area contributed by atoms with Crippen LogP contribution in [0.3, 0.4) is 0 Å². The summed E-state index contributed by atoms with van der Waals surface area (Å²) in [5, 5.41) is 20.2. The lowest BCUT2D eigenvalue weighted by Crippen LogP contribution is -2.22. The molecular formula is C18H15N5O2S. The fourth-order valence-corrected chi connectivity index (χ4v) is 2.98. The number of aryl methyl sites for hydroxylation is 1. The minimum absolute atomic E-state index is 0.202. The Kier molecular flexibility index (Phi) is 5.20. The summed E-state index contributed by atoms with van der Waals surface area (Å²) in [5.41, 5.74) is 2.16. The summed E-state index contributed by atoms with van der Waals surface area (Å²) in [4.78, 5) is 24.1. The third-order valence-corrected chi connectivity index (χ3v) is 4.57. The van der Waals surface area contributed by atoms with Crippen LogP contribution in [0.25, 0.3) is 0 Å². The van der Waals surface area contributed by atoms with Crippen molar-refractivity contribution in [2.45, 2.75) is 20.0 Å². The highest BCUT2D eigenvalue weighted by Crippen LogP contribution is 2.11. The minimum atomic E-state index is -0.304. The maximum atomic E-state index is 12.2. The van der Waals surface area contributed by atoms with Crippen LogP contribution in [0.4, 0.5) is 0 Å². The highest BCUT2D eigenvalue weighted by molar-refractivity contribution is 7.13. The number of hydrogen-bond donors (Lipinski definition) is 1. The van der Waals surface area contributed by atoms with Gasteiger partial charge in [0.25, 0.3) is 11.5 Å². The van der Waals surface area contributed by atoms with Gasteiger partial charge in [0.05, 0.1) is 18.2 Å². The topological polar surface area (TPSA) is 101 Å². The van der Waals surface area contributed by atoms with Crippen LogP contribution in [0, 0.1) is 18.3 Å². The van der Waals surface area contributed by atoms with Crippen LogP contribution in [0.1, 0.15) is 31.5 Å². The van der Waals surface area contributed by atoms with Crippen molar-refractivity contribution in [1.82, 2.24) is 20.1 Å². The van der Waals surface area contributed by atoms with Gasteiger partial charge in [-0.25, -0.2) is 0 Å². The smallest absolute Gasteiger partial charge is 0.282 e. The molecule has 0 saturated heterocycles. The molecule has 0 saturated carbocycles. The van der Waals surface area contributed by atoms with Crippen molar-refractivity contribution in [3.8, 4) is 6.07 Å². The van der Waals surface area contributed by atoms with Crippen LogP contribution in [0.15, 0.2) is 47.4 Å². The Morgan fingerprint density at radius 3 is 2.73 bits per heavy atom. The van der Waals surface area contributed by atoms with Gasteiger partial charge in [-0.3, -0.25) is 9.59 Å². The third-order valence-electron chi connectivity index (χ3n) is 3.67. The maximum absolute atomic E-state index is 12.2. The maximum Gasteiger partial charge on any atom is 0.282 e. The molecule has 3 aromatic rings. The number of amides is 1. The summed E-state index contributed by atoms with van der Waals surface area (Å²) in [6.07, 6.45) is 1.53. The average Bonchev–Trinajstić information content (AvgIpc) is 3.11. The molecule has 2 heterocycles. The summed E-state index contributed by atoms with van der Waals surface area (Å²) in [6, 6.07) is 12.6. The van der Waals surface area contributed by atoms with E-state index in [2.05, 4.69) is 15.5 Å². The quantitative estimate of drug-likeness (QED) is 0.744. The molecule has 0 aliphatic carbocycles. The van der Waals surface area contributed by atoms with Gasteiger partial charge in [-0.15, -0.1) is 10.2 Å². The van der Waals surface area contributed by atoms with E-state index >= 15 is 0 Å². The Labute approximate surface area is 153 Å². The first-order valence-corrected chi connectivity index (χ1v) is 8.63. The number of carbonyl (C=O) groups is 1. The predicted molar refractivity (Wildman–Crippen MR) is 96.8 cm³/mol. The fourth-order valence-electron chi connectivity index (χ4n) is 2.23. The lowest BCUT2D eigenvalue weighted by Gasteiger charge is -2.03. The van der Waals surface area contributed by atoms with E-state index in [0.29, 0.717) is 17.1 Å². The molecule has 0 unspecified atom stereocenters. The molecule has 1 N–H and O–H groups in total. The van der Waals surface area contributed by atoms with Crippen molar-refractivity contribution in [3.63, 3.8) is 0 Å². The molecule has 1 aromatic carbocycles. The van der Waals surface area contributed by atoms with Crippen LogP contribution in [-0.2, 0) is 13.1 Å². The van der Waals surface area contributed by atoms with E-state index in [0.717, 1.165) is 22.5 Å². The van der Waals surface area contributed by atoms with Crippen LogP contribution in [0.2, 0.25) is 0 Å². The average molecular weight is 365 g/mol. The van der Waals surface area contributed by atoms with Crippen molar-refractivity contribution in [3.05, 3.63) is 79.7 Å². The monoisotopic (exact) mass is 365 g/mol. The SMILES string of the molecule is Cc1ccc(CNC(=O)c2nnc(Cn3ccc(C#N)cc3=O)s2)cc1. The molecule has 3 rings (SSSR count). The number of nitrogens with zero attached hydrogens (tertiary/aromatic N) is 4. The first-order valence-electron chi connectivity index (χ1n) is 7.82. The van der Waals surface area contributed by atoms with Crippen molar-refractivity contribution >= 4 is 17.2 Å². The number of nitriles is 1. The third kappa shape index (κ3) is 4.20. The van der Waals surface area contributed by atoms with Crippen molar-refractivity contribution < 1.29 is 4.79 Å². The van der Waals surface area contributed by atoms with Gasteiger partial charge in [0.1, 0.15) is 5.01 Å². The van der Waals surface area contributed by atoms with Gasteiger partial charge in [-0.2, -0.15) is 5.26 Å². The molecule has 0 aliphatic heterocycles. The highest BCUT2D eigenvalue weighted by Gasteiger charge is 2.13. The van der Waals surface area contributed by atoms with Crippen molar-refractivity contribution in [2.24, 2.45) is 0 Å². The van der Waals surface area contributed by atoms with Gasteiger partial charge in [0.2, 0.25) is 5.01 Å². The van der Waals surface area contributed by atoms with Gasteiger partial charge < -0.3 is 9.88 Å². The van der Waals surface area contributed by atoms with E-state index in [4.69, 9.17) is 5.26 Å². The number of carbonyl (C=O) groups excluding carboxylic acids is 1. The molecule has 1 amide bonds. The molecule has 130 valence electrons. The molecule has 2 aromatic heterocycles. The number of pyridine rings is 1. The van der Waals surface area contributed by atoms with E-state index in [1.54, 1.807) is 6.07 Å². The Morgan fingerprint density at radius 1 is 1.27 bits per heavy atom. The lowest BCUT2D eigenvalue weighted by molar-refractivity contribution is 0.0950. The molecule has 8 heteroatoms. The van der Waals surface area contributed by atoms with Gasteiger partial charge in [0.15, 0.2) is 0 Å². The molecule has 0 spiro atoms. The molecule has 0 fully saturated rings. The van der Waals surface area contributed by atoms with Crippen LogP contribution >= 0.6 is 11.3 Å². The number of aromatic nitrogens is 3. The van der Waals surface area contributed by atoms with Gasteiger partial charge in [-0.1, -0.05) is 41.2 Å². The number of benzene rings is 1. The molecule has 0 radical (unpaired) electrons. The molecule has 7 nitrogen and oxygen atoms in total. The van der Waals surface area contributed by atoms with Crippen LogP contribution in [0.5, 0.6) is 0 Å². The number of rotatable bonds is 5. The van der Waals surface area contributed by atoms with E-state index in [-0.39, 0.29) is 23.0 Å². The molecular weight excluding hydrogens is 350 g/mol. The van der Waals surface area contributed by atoms with E-state index in [9.17, 15) is 9.59 Å². The summed E-state index contributed by atoms with van der Waals surface area (Å²) in [6.45, 7) is 2.61. The van der Waals surface area contributed by atoms with E-state index in [1.165, 1.54) is 16.8 Å². The zero-order valence-corrected chi connectivity index (χ0v) is 14.8. The Hall–Kier alpha value is -3.31. The Morgan fingerprint density at radius 2 is 2.04 bits per heavy atom. The second-order valence-electron chi connectivity index (χ2n) is 5.66. The first kappa shape index (κ1) is 17.5. The van der Waals surface area contributed by atoms with Crippen molar-refractivity contribution in [2.75, 3.05) is 0 Å². The zero-order valence-electron chi connectivity index (χ0n) is 14.0. The van der Waals surface area contributed by atoms with Crippen LogP contribution < -0.4 is 10.9 Å². The van der Waals surface area contributed by atoms with E-state index in [1.807, 2.05) is 37.3 Å². The van der Waals surface area contributed by atoms with Crippen LogP contribution in [-0.4, -0.2) is 20.7 Å². The number of nitrogens with one attached hydrogen (secondary N) is 1. The fraction of sp³-hybridized carbons (Fsp3) is 0.167. The van der Waals surface area contributed by atoms with Crippen molar-refractivity contribution in [1.29, 1.82) is 5.26 Å². The zero-order chi connectivity index (χ0) is 18.5. The van der Waals surface area contributed by atoms with E-state index < -0.39 is 0 Å². The standard InChI is InChI=1S/C18H15N5O2S/c1-12-2-4-13(5-3-12)10-20-17(25)18-22-21-15(26-18)11-23-7-6-14(9-19)8-16(23)24/h2-8H,10-11H2,1H3,(H,20,25). The molecule has 0 bridgehead atoms. The second kappa shape index (κ2) is 7.72. The largest absolute Gasteiger partial charge is 0.346 e. The molecule has 26 heavy (non-hydrogen) atoms.